The number of rotatable bonds is 4. The Morgan fingerprint density at radius 3 is 3.00 bits per heavy atom. The maximum Gasteiger partial charge on any atom is 0.305 e. The van der Waals surface area contributed by atoms with Crippen molar-refractivity contribution in [3.63, 3.8) is 0 Å². The van der Waals surface area contributed by atoms with Gasteiger partial charge in [-0.1, -0.05) is 6.07 Å². The van der Waals surface area contributed by atoms with E-state index in [1.54, 1.807) is 7.11 Å². The van der Waals surface area contributed by atoms with Gasteiger partial charge in [0.05, 0.1) is 26.4 Å². The number of aryl methyl sites for hydroxylation is 1. The lowest BCUT2D eigenvalue weighted by molar-refractivity contribution is -0.141. The molecule has 3 aliphatic rings. The quantitative estimate of drug-likeness (QED) is 0.793. The Labute approximate surface area is 143 Å². The van der Waals surface area contributed by atoms with Gasteiger partial charge in [0.25, 0.3) is 0 Å². The van der Waals surface area contributed by atoms with Gasteiger partial charge < -0.3 is 14.2 Å². The molecule has 0 N–H and O–H groups in total. The van der Waals surface area contributed by atoms with Gasteiger partial charge in [0, 0.05) is 12.3 Å². The van der Waals surface area contributed by atoms with Crippen molar-refractivity contribution >= 4 is 5.97 Å². The molecule has 4 nitrogen and oxygen atoms in total. The Morgan fingerprint density at radius 2 is 2.21 bits per heavy atom. The van der Waals surface area contributed by atoms with Gasteiger partial charge in [-0.15, -0.1) is 0 Å². The highest BCUT2D eigenvalue weighted by Gasteiger charge is 2.58. The van der Waals surface area contributed by atoms with Crippen LogP contribution in [0.25, 0.3) is 0 Å². The molecule has 1 spiro atoms. The Morgan fingerprint density at radius 1 is 1.33 bits per heavy atom. The van der Waals surface area contributed by atoms with Crippen molar-refractivity contribution in [3.8, 4) is 5.75 Å². The third kappa shape index (κ3) is 2.34. The van der Waals surface area contributed by atoms with Crippen LogP contribution in [-0.4, -0.2) is 32.4 Å². The molecular weight excluding hydrogens is 304 g/mol. The highest BCUT2D eigenvalue weighted by molar-refractivity contribution is 5.69. The monoisotopic (exact) mass is 330 g/mol. The highest BCUT2D eigenvalue weighted by Crippen LogP contribution is 2.59. The van der Waals surface area contributed by atoms with Crippen LogP contribution in [0.4, 0.5) is 0 Å². The topological polar surface area (TPSA) is 44.8 Å². The largest absolute Gasteiger partial charge is 0.497 e. The Hall–Kier alpha value is -1.55. The van der Waals surface area contributed by atoms with Crippen LogP contribution in [0.5, 0.6) is 5.75 Å². The molecule has 2 aliphatic carbocycles. The van der Waals surface area contributed by atoms with Crippen LogP contribution in [0.3, 0.4) is 0 Å². The third-order valence-electron chi connectivity index (χ3n) is 6.58. The van der Waals surface area contributed by atoms with E-state index in [4.69, 9.17) is 14.2 Å². The van der Waals surface area contributed by atoms with Crippen molar-refractivity contribution in [2.24, 2.45) is 11.8 Å². The van der Waals surface area contributed by atoms with Crippen molar-refractivity contribution < 1.29 is 19.0 Å². The summed E-state index contributed by atoms with van der Waals surface area (Å²) in [5.41, 5.74) is 2.77. The molecule has 2 unspecified atom stereocenters. The van der Waals surface area contributed by atoms with Crippen molar-refractivity contribution in [3.05, 3.63) is 29.3 Å². The molecule has 1 aliphatic heterocycles. The fraction of sp³-hybridized carbons (Fsp3) is 0.650. The number of ether oxygens (including phenoxy) is 3. The summed E-state index contributed by atoms with van der Waals surface area (Å²) in [5.74, 6) is 2.37. The number of carbonyl (C=O) groups excluding carboxylic acids is 1. The molecule has 4 atom stereocenters. The van der Waals surface area contributed by atoms with Gasteiger partial charge in [-0.2, -0.15) is 0 Å². The number of benzene rings is 1. The summed E-state index contributed by atoms with van der Waals surface area (Å²) >= 11 is 0. The first kappa shape index (κ1) is 15.9. The number of hydrogen-bond donors (Lipinski definition) is 0. The summed E-state index contributed by atoms with van der Waals surface area (Å²) in [6.07, 6.45) is 5.87. The maximum absolute atomic E-state index is 11.6. The van der Waals surface area contributed by atoms with Crippen molar-refractivity contribution in [1.29, 1.82) is 0 Å². The number of esters is 1. The van der Waals surface area contributed by atoms with E-state index in [1.165, 1.54) is 31.1 Å². The van der Waals surface area contributed by atoms with E-state index in [0.29, 0.717) is 24.2 Å². The fourth-order valence-corrected chi connectivity index (χ4v) is 5.45. The molecule has 0 amide bonds. The predicted octanol–water partition coefficient (Wildman–Crippen LogP) is 3.47. The van der Waals surface area contributed by atoms with E-state index < -0.39 is 0 Å². The number of carbonyl (C=O) groups is 1. The molecule has 2 fully saturated rings. The minimum Gasteiger partial charge on any atom is -0.497 e. The standard InChI is InChI=1S/C20H26O4/c1-22-15-4-5-16-13(11-15)9-10-20-17(7-8-19(21)23-2)14(12-24-20)3-6-18(16)20/h4-5,11,14,17-18H,3,6-10,12H2,1-2H3/t14?,17-,18?,20-/m0/s1. The SMILES string of the molecule is COC(=O)CC[C@H]1C2CCC3c4ccc(OC)cc4CC[C@@]31OC2. The minimum atomic E-state index is -0.103. The number of hydrogen-bond acceptors (Lipinski definition) is 4. The number of fused-ring (bicyclic) bond motifs is 3. The zero-order chi connectivity index (χ0) is 16.7. The van der Waals surface area contributed by atoms with Crippen molar-refractivity contribution in [2.45, 2.75) is 50.0 Å². The average Bonchev–Trinajstić information content (AvgIpc) is 2.84. The molecule has 1 saturated carbocycles. The molecule has 1 aromatic rings. The zero-order valence-electron chi connectivity index (χ0n) is 14.5. The molecule has 1 heterocycles. The van der Waals surface area contributed by atoms with Crippen LogP contribution in [0, 0.1) is 11.8 Å². The number of methoxy groups -OCH3 is 2. The zero-order valence-corrected chi connectivity index (χ0v) is 14.5. The summed E-state index contributed by atoms with van der Waals surface area (Å²) in [5, 5.41) is 0. The second kappa shape index (κ2) is 6.07. The van der Waals surface area contributed by atoms with Gasteiger partial charge in [-0.3, -0.25) is 4.79 Å². The second-order valence-corrected chi connectivity index (χ2v) is 7.44. The molecule has 0 aromatic heterocycles. The van der Waals surface area contributed by atoms with Crippen LogP contribution < -0.4 is 4.74 Å². The molecular formula is C20H26O4. The van der Waals surface area contributed by atoms with E-state index in [1.807, 2.05) is 0 Å². The third-order valence-corrected chi connectivity index (χ3v) is 6.58. The molecule has 24 heavy (non-hydrogen) atoms. The molecule has 0 radical (unpaired) electrons. The highest BCUT2D eigenvalue weighted by atomic mass is 16.5. The van der Waals surface area contributed by atoms with Gasteiger partial charge in [0.2, 0.25) is 0 Å². The van der Waals surface area contributed by atoms with E-state index >= 15 is 0 Å². The summed E-state index contributed by atoms with van der Waals surface area (Å²) in [6, 6.07) is 6.49. The predicted molar refractivity (Wildman–Crippen MR) is 90.2 cm³/mol. The van der Waals surface area contributed by atoms with Crippen LogP contribution in [0.2, 0.25) is 0 Å². The first-order valence-corrected chi connectivity index (χ1v) is 9.05. The minimum absolute atomic E-state index is 0.0709. The second-order valence-electron chi connectivity index (χ2n) is 7.44. The average molecular weight is 330 g/mol. The maximum atomic E-state index is 11.6. The van der Waals surface area contributed by atoms with Crippen LogP contribution in [0.15, 0.2) is 18.2 Å². The molecule has 4 heteroatoms. The lowest BCUT2D eigenvalue weighted by Gasteiger charge is -2.49. The van der Waals surface area contributed by atoms with Crippen molar-refractivity contribution in [1.82, 2.24) is 0 Å². The van der Waals surface area contributed by atoms with Crippen LogP contribution in [-0.2, 0) is 20.7 Å². The Balaban J connectivity index is 1.64. The molecule has 1 aromatic carbocycles. The van der Waals surface area contributed by atoms with E-state index in [0.717, 1.165) is 31.6 Å². The lowest BCUT2D eigenvalue weighted by atomic mass is 9.58. The molecule has 1 saturated heterocycles. The van der Waals surface area contributed by atoms with Crippen LogP contribution in [0.1, 0.15) is 49.1 Å². The van der Waals surface area contributed by atoms with E-state index in [-0.39, 0.29) is 11.6 Å². The molecule has 2 bridgehead atoms. The van der Waals surface area contributed by atoms with Gasteiger partial charge >= 0.3 is 5.97 Å². The summed E-state index contributed by atoms with van der Waals surface area (Å²) in [7, 11) is 3.19. The van der Waals surface area contributed by atoms with E-state index in [9.17, 15) is 4.79 Å². The van der Waals surface area contributed by atoms with Gasteiger partial charge in [0.15, 0.2) is 0 Å². The Bertz CT molecular complexity index is 641. The van der Waals surface area contributed by atoms with Crippen molar-refractivity contribution in [2.75, 3.05) is 20.8 Å². The normalized spacial score (nSPS) is 33.5. The lowest BCUT2D eigenvalue weighted by Crippen LogP contribution is -2.48. The first-order chi connectivity index (χ1) is 11.7. The summed E-state index contributed by atoms with van der Waals surface area (Å²) < 4.78 is 16.7. The van der Waals surface area contributed by atoms with Gasteiger partial charge in [-0.25, -0.2) is 0 Å². The van der Waals surface area contributed by atoms with Gasteiger partial charge in [-0.05, 0) is 67.2 Å². The van der Waals surface area contributed by atoms with Crippen LogP contribution >= 0.6 is 0 Å². The summed E-state index contributed by atoms with van der Waals surface area (Å²) in [6.45, 7) is 0.855. The van der Waals surface area contributed by atoms with Gasteiger partial charge in [0.1, 0.15) is 5.75 Å². The smallest absolute Gasteiger partial charge is 0.305 e. The molecule has 130 valence electrons. The Kier molecular flexibility index (Phi) is 4.03. The molecule has 4 rings (SSSR count). The summed E-state index contributed by atoms with van der Waals surface area (Å²) in [4.78, 5) is 11.6. The van der Waals surface area contributed by atoms with E-state index in [2.05, 4.69) is 18.2 Å². The fourth-order valence-electron chi connectivity index (χ4n) is 5.45. The first-order valence-electron chi connectivity index (χ1n) is 9.05.